The van der Waals surface area contributed by atoms with E-state index in [0.29, 0.717) is 13.1 Å². The molecule has 3 nitrogen and oxygen atoms in total. The van der Waals surface area contributed by atoms with Crippen LogP contribution in [0.1, 0.15) is 33.3 Å². The minimum atomic E-state index is -0.0400. The standard InChI is InChI=1S/C15H24N2O/c1-6-17(13-9-7-8-12(2)10-13)14(18)11-16-15(3,4)5/h7-10,16H,6,11H2,1-5H3. The summed E-state index contributed by atoms with van der Waals surface area (Å²) in [6.07, 6.45) is 0. The molecule has 1 aromatic carbocycles. The Morgan fingerprint density at radius 3 is 2.50 bits per heavy atom. The maximum atomic E-state index is 12.2. The van der Waals surface area contributed by atoms with E-state index < -0.39 is 0 Å². The SMILES string of the molecule is CCN(C(=O)CNC(C)(C)C)c1cccc(C)c1. The molecule has 0 atom stereocenters. The quantitative estimate of drug-likeness (QED) is 0.888. The van der Waals surface area contributed by atoms with Gasteiger partial charge in [-0.1, -0.05) is 12.1 Å². The molecule has 0 saturated heterocycles. The summed E-state index contributed by atoms with van der Waals surface area (Å²) in [5, 5.41) is 3.23. The van der Waals surface area contributed by atoms with Gasteiger partial charge in [-0.25, -0.2) is 0 Å². The number of hydrogen-bond acceptors (Lipinski definition) is 2. The highest BCUT2D eigenvalue weighted by molar-refractivity contribution is 5.94. The first-order valence-corrected chi connectivity index (χ1v) is 6.45. The molecule has 100 valence electrons. The van der Waals surface area contributed by atoms with Crippen molar-refractivity contribution in [3.63, 3.8) is 0 Å². The average Bonchev–Trinajstić information content (AvgIpc) is 2.26. The van der Waals surface area contributed by atoms with Crippen molar-refractivity contribution in [2.75, 3.05) is 18.0 Å². The van der Waals surface area contributed by atoms with E-state index in [-0.39, 0.29) is 11.4 Å². The second kappa shape index (κ2) is 6.01. The summed E-state index contributed by atoms with van der Waals surface area (Å²) in [5.41, 5.74) is 2.10. The van der Waals surface area contributed by atoms with Crippen LogP contribution in [0.2, 0.25) is 0 Å². The third-order valence-electron chi connectivity index (χ3n) is 2.70. The van der Waals surface area contributed by atoms with Gasteiger partial charge in [0.1, 0.15) is 0 Å². The van der Waals surface area contributed by atoms with Crippen LogP contribution in [-0.4, -0.2) is 24.5 Å². The number of amides is 1. The highest BCUT2D eigenvalue weighted by Crippen LogP contribution is 2.15. The Morgan fingerprint density at radius 2 is 2.00 bits per heavy atom. The summed E-state index contributed by atoms with van der Waals surface area (Å²) in [4.78, 5) is 14.0. The van der Waals surface area contributed by atoms with Crippen molar-refractivity contribution < 1.29 is 4.79 Å². The fourth-order valence-corrected chi connectivity index (χ4v) is 1.73. The van der Waals surface area contributed by atoms with E-state index in [1.807, 2.05) is 43.0 Å². The van der Waals surface area contributed by atoms with Crippen LogP contribution >= 0.6 is 0 Å². The summed E-state index contributed by atoms with van der Waals surface area (Å²) in [5.74, 6) is 0.109. The Balaban J connectivity index is 2.75. The van der Waals surface area contributed by atoms with E-state index in [0.717, 1.165) is 5.69 Å². The first-order chi connectivity index (χ1) is 8.33. The van der Waals surface area contributed by atoms with Gasteiger partial charge in [0.15, 0.2) is 0 Å². The maximum Gasteiger partial charge on any atom is 0.240 e. The summed E-state index contributed by atoms with van der Waals surface area (Å²) >= 11 is 0. The molecule has 0 saturated carbocycles. The zero-order valence-electron chi connectivity index (χ0n) is 12.1. The predicted octanol–water partition coefficient (Wildman–Crippen LogP) is 2.74. The summed E-state index contributed by atoms with van der Waals surface area (Å²) in [6, 6.07) is 8.04. The van der Waals surface area contributed by atoms with Gasteiger partial charge in [-0.05, 0) is 52.3 Å². The molecular formula is C15H24N2O. The van der Waals surface area contributed by atoms with Gasteiger partial charge < -0.3 is 10.2 Å². The molecule has 1 N–H and O–H groups in total. The van der Waals surface area contributed by atoms with Crippen LogP contribution in [0.5, 0.6) is 0 Å². The fraction of sp³-hybridized carbons (Fsp3) is 0.533. The van der Waals surface area contributed by atoms with Crippen LogP contribution in [0.3, 0.4) is 0 Å². The monoisotopic (exact) mass is 248 g/mol. The number of carbonyl (C=O) groups is 1. The van der Waals surface area contributed by atoms with Gasteiger partial charge in [0, 0.05) is 17.8 Å². The van der Waals surface area contributed by atoms with Crippen molar-refractivity contribution in [2.24, 2.45) is 0 Å². The molecule has 18 heavy (non-hydrogen) atoms. The van der Waals surface area contributed by atoms with Crippen LogP contribution < -0.4 is 10.2 Å². The number of aryl methyl sites for hydroxylation is 1. The van der Waals surface area contributed by atoms with E-state index in [1.54, 1.807) is 0 Å². The predicted molar refractivity (Wildman–Crippen MR) is 77.0 cm³/mol. The van der Waals surface area contributed by atoms with Gasteiger partial charge in [0.25, 0.3) is 0 Å². The van der Waals surface area contributed by atoms with Gasteiger partial charge in [0.05, 0.1) is 6.54 Å². The Labute approximate surface area is 110 Å². The van der Waals surface area contributed by atoms with Crippen LogP contribution in [-0.2, 0) is 4.79 Å². The number of nitrogens with zero attached hydrogens (tertiary/aromatic N) is 1. The molecule has 0 radical (unpaired) electrons. The molecule has 3 heteroatoms. The van der Waals surface area contributed by atoms with Crippen LogP contribution in [0.25, 0.3) is 0 Å². The number of rotatable bonds is 4. The lowest BCUT2D eigenvalue weighted by Crippen LogP contribution is -2.45. The van der Waals surface area contributed by atoms with E-state index >= 15 is 0 Å². The Kier molecular flexibility index (Phi) is 4.91. The number of benzene rings is 1. The zero-order chi connectivity index (χ0) is 13.8. The first kappa shape index (κ1) is 14.7. The van der Waals surface area contributed by atoms with Crippen molar-refractivity contribution in [3.8, 4) is 0 Å². The minimum absolute atomic E-state index is 0.0400. The number of hydrogen-bond donors (Lipinski definition) is 1. The molecule has 1 aromatic rings. The van der Waals surface area contributed by atoms with Crippen LogP contribution in [0.4, 0.5) is 5.69 Å². The molecule has 1 amide bonds. The minimum Gasteiger partial charge on any atom is -0.312 e. The topological polar surface area (TPSA) is 32.3 Å². The normalized spacial score (nSPS) is 11.4. The highest BCUT2D eigenvalue weighted by Gasteiger charge is 2.17. The van der Waals surface area contributed by atoms with Gasteiger partial charge in [-0.3, -0.25) is 4.79 Å². The van der Waals surface area contributed by atoms with Crippen LogP contribution in [0, 0.1) is 6.92 Å². The summed E-state index contributed by atoms with van der Waals surface area (Å²) < 4.78 is 0. The zero-order valence-corrected chi connectivity index (χ0v) is 12.1. The van der Waals surface area contributed by atoms with E-state index in [1.165, 1.54) is 5.56 Å². The maximum absolute atomic E-state index is 12.2. The molecule has 0 aromatic heterocycles. The van der Waals surface area contributed by atoms with Crippen molar-refractivity contribution >= 4 is 11.6 Å². The molecule has 0 unspecified atom stereocenters. The van der Waals surface area contributed by atoms with Crippen molar-refractivity contribution in [1.29, 1.82) is 0 Å². The fourth-order valence-electron chi connectivity index (χ4n) is 1.73. The molecular weight excluding hydrogens is 224 g/mol. The first-order valence-electron chi connectivity index (χ1n) is 6.45. The summed E-state index contributed by atoms with van der Waals surface area (Å²) in [7, 11) is 0. The molecule has 1 rings (SSSR count). The summed E-state index contributed by atoms with van der Waals surface area (Å²) in [6.45, 7) is 11.3. The molecule has 0 aliphatic rings. The van der Waals surface area contributed by atoms with Crippen molar-refractivity contribution in [1.82, 2.24) is 5.32 Å². The Morgan fingerprint density at radius 1 is 1.33 bits per heavy atom. The average molecular weight is 248 g/mol. The lowest BCUT2D eigenvalue weighted by molar-refractivity contribution is -0.118. The van der Waals surface area contributed by atoms with Gasteiger partial charge in [-0.2, -0.15) is 0 Å². The number of nitrogens with one attached hydrogen (secondary N) is 1. The van der Waals surface area contributed by atoms with Gasteiger partial charge in [0.2, 0.25) is 5.91 Å². The third kappa shape index (κ3) is 4.49. The largest absolute Gasteiger partial charge is 0.312 e. The smallest absolute Gasteiger partial charge is 0.240 e. The number of carbonyl (C=O) groups excluding carboxylic acids is 1. The number of anilines is 1. The molecule has 0 heterocycles. The van der Waals surface area contributed by atoms with E-state index in [9.17, 15) is 4.79 Å². The van der Waals surface area contributed by atoms with Crippen molar-refractivity contribution in [2.45, 2.75) is 40.2 Å². The highest BCUT2D eigenvalue weighted by atomic mass is 16.2. The Hall–Kier alpha value is -1.35. The molecule has 0 aliphatic heterocycles. The third-order valence-corrected chi connectivity index (χ3v) is 2.70. The lowest BCUT2D eigenvalue weighted by atomic mass is 10.1. The van der Waals surface area contributed by atoms with Crippen LogP contribution in [0.15, 0.2) is 24.3 Å². The molecule has 0 aliphatic carbocycles. The number of likely N-dealkylation sites (N-methyl/N-ethyl adjacent to an activating group) is 1. The van der Waals surface area contributed by atoms with Gasteiger partial charge >= 0.3 is 0 Å². The Bertz CT molecular complexity index is 407. The molecule has 0 spiro atoms. The van der Waals surface area contributed by atoms with Crippen molar-refractivity contribution in [3.05, 3.63) is 29.8 Å². The van der Waals surface area contributed by atoms with E-state index in [4.69, 9.17) is 0 Å². The molecule has 0 bridgehead atoms. The van der Waals surface area contributed by atoms with Gasteiger partial charge in [-0.15, -0.1) is 0 Å². The molecule has 0 fully saturated rings. The lowest BCUT2D eigenvalue weighted by Gasteiger charge is -2.25. The second-order valence-electron chi connectivity index (χ2n) is 5.58. The van der Waals surface area contributed by atoms with E-state index in [2.05, 4.69) is 26.1 Å². The second-order valence-corrected chi connectivity index (χ2v) is 5.58.